The number of aromatic hydroxyl groups is 1. The maximum atomic E-state index is 13.7. The summed E-state index contributed by atoms with van der Waals surface area (Å²) in [4.78, 5) is 25.0. The van der Waals surface area contributed by atoms with Gasteiger partial charge in [0.2, 0.25) is 0 Å². The number of halogens is 1. The number of carboxylic acids is 1. The molecule has 0 bridgehead atoms. The van der Waals surface area contributed by atoms with Gasteiger partial charge < -0.3 is 10.2 Å². The molecular weight excluding hydrogens is 464 g/mol. The molecule has 5 aromatic rings. The van der Waals surface area contributed by atoms with E-state index in [0.29, 0.717) is 27.4 Å². The molecule has 7 heteroatoms. The zero-order valence-corrected chi connectivity index (χ0v) is 19.3. The highest BCUT2D eigenvalue weighted by atomic mass is 35.5. The van der Waals surface area contributed by atoms with Crippen molar-refractivity contribution in [3.05, 3.63) is 107 Å². The van der Waals surface area contributed by atoms with Gasteiger partial charge >= 0.3 is 5.97 Å². The van der Waals surface area contributed by atoms with E-state index in [-0.39, 0.29) is 17.2 Å². The lowest BCUT2D eigenvalue weighted by Gasteiger charge is -2.09. The number of aromatic carboxylic acids is 1. The first-order valence-corrected chi connectivity index (χ1v) is 11.2. The highest BCUT2D eigenvalue weighted by molar-refractivity contribution is 6.34. The molecule has 1 aromatic heterocycles. The molecule has 0 amide bonds. The Morgan fingerprint density at radius 1 is 0.857 bits per heavy atom. The van der Waals surface area contributed by atoms with Crippen molar-refractivity contribution in [2.45, 2.75) is 6.92 Å². The summed E-state index contributed by atoms with van der Waals surface area (Å²) in [6.07, 6.45) is 0. The number of aromatic nitrogens is 2. The average molecular weight is 483 g/mol. The monoisotopic (exact) mass is 482 g/mol. The van der Waals surface area contributed by atoms with Crippen molar-refractivity contribution in [2.75, 3.05) is 0 Å². The lowest BCUT2D eigenvalue weighted by atomic mass is 10.0. The lowest BCUT2D eigenvalue weighted by molar-refractivity contribution is 0.0696. The molecule has 0 spiro atoms. The van der Waals surface area contributed by atoms with E-state index in [4.69, 9.17) is 11.6 Å². The number of rotatable bonds is 4. The summed E-state index contributed by atoms with van der Waals surface area (Å²) in [5.41, 5.74) is 4.77. The second-order valence-electron chi connectivity index (χ2n) is 8.16. The number of aryl methyl sites for hydroxylation is 1. The van der Waals surface area contributed by atoms with Crippen molar-refractivity contribution in [1.29, 1.82) is 0 Å². The zero-order valence-electron chi connectivity index (χ0n) is 18.6. The number of carbonyl (C=O) groups excluding carboxylic acids is 1. The number of carbonyl (C=O) groups is 2. The Morgan fingerprint density at radius 2 is 1.51 bits per heavy atom. The second-order valence-corrected chi connectivity index (χ2v) is 8.57. The van der Waals surface area contributed by atoms with Gasteiger partial charge in [0.05, 0.1) is 21.7 Å². The smallest absolute Gasteiger partial charge is 0.335 e. The van der Waals surface area contributed by atoms with Gasteiger partial charge in [-0.15, -0.1) is 0 Å². The standard InChI is InChI=1S/C28H19ClN2O4/c1-16-3-2-4-23(29)25(16)27(33)31-24-15-20(17-9-12-21(32)13-10-17)11-14-22(24)26(30-31)18-5-7-19(8-6-18)28(34)35/h2-15,32H,1H3,(H,34,35). The maximum Gasteiger partial charge on any atom is 0.335 e. The van der Waals surface area contributed by atoms with Crippen LogP contribution in [0.2, 0.25) is 5.02 Å². The predicted molar refractivity (Wildman–Crippen MR) is 135 cm³/mol. The summed E-state index contributed by atoms with van der Waals surface area (Å²) in [5, 5.41) is 24.6. The second kappa shape index (κ2) is 8.74. The van der Waals surface area contributed by atoms with Gasteiger partial charge in [0.25, 0.3) is 5.91 Å². The van der Waals surface area contributed by atoms with Crippen molar-refractivity contribution in [3.8, 4) is 28.1 Å². The van der Waals surface area contributed by atoms with Gasteiger partial charge in [-0.25, -0.2) is 4.79 Å². The fourth-order valence-corrected chi connectivity index (χ4v) is 4.40. The summed E-state index contributed by atoms with van der Waals surface area (Å²) in [6.45, 7) is 1.82. The Hall–Kier alpha value is -4.42. The van der Waals surface area contributed by atoms with Crippen molar-refractivity contribution >= 4 is 34.4 Å². The van der Waals surface area contributed by atoms with Gasteiger partial charge in [-0.1, -0.05) is 54.1 Å². The Bertz CT molecular complexity index is 1580. The van der Waals surface area contributed by atoms with E-state index in [1.807, 2.05) is 31.2 Å². The van der Waals surface area contributed by atoms with Crippen LogP contribution >= 0.6 is 11.6 Å². The Labute approximate surface area is 205 Å². The number of phenolic OH excluding ortho intramolecular Hbond substituents is 1. The largest absolute Gasteiger partial charge is 0.508 e. The number of fused-ring (bicyclic) bond motifs is 1. The molecular formula is C28H19ClN2O4. The highest BCUT2D eigenvalue weighted by Crippen LogP contribution is 2.33. The van der Waals surface area contributed by atoms with Gasteiger partial charge in [-0.3, -0.25) is 4.79 Å². The number of phenols is 1. The zero-order chi connectivity index (χ0) is 24.7. The fraction of sp³-hybridized carbons (Fsp3) is 0.0357. The van der Waals surface area contributed by atoms with Crippen LogP contribution in [0.1, 0.15) is 26.3 Å². The SMILES string of the molecule is Cc1cccc(Cl)c1C(=O)n1nc(-c2ccc(C(=O)O)cc2)c2ccc(-c3ccc(O)cc3)cc21. The van der Waals surface area contributed by atoms with E-state index in [1.165, 1.54) is 16.8 Å². The van der Waals surface area contributed by atoms with Crippen LogP contribution in [-0.2, 0) is 0 Å². The first kappa shape index (κ1) is 22.4. The molecule has 35 heavy (non-hydrogen) atoms. The van der Waals surface area contributed by atoms with Crippen LogP contribution in [-0.4, -0.2) is 31.9 Å². The normalized spacial score (nSPS) is 11.0. The summed E-state index contributed by atoms with van der Waals surface area (Å²) in [5.74, 6) is -1.22. The fourth-order valence-electron chi connectivity index (χ4n) is 4.10. The molecule has 0 aliphatic carbocycles. The van der Waals surface area contributed by atoms with Crippen molar-refractivity contribution in [3.63, 3.8) is 0 Å². The molecule has 0 aliphatic rings. The predicted octanol–water partition coefficient (Wildman–Crippen LogP) is 6.42. The van der Waals surface area contributed by atoms with Gasteiger partial charge in [0.1, 0.15) is 11.4 Å². The van der Waals surface area contributed by atoms with Crippen LogP contribution in [0.4, 0.5) is 0 Å². The molecule has 4 aromatic carbocycles. The first-order chi connectivity index (χ1) is 16.8. The van der Waals surface area contributed by atoms with Crippen LogP contribution in [0.25, 0.3) is 33.3 Å². The summed E-state index contributed by atoms with van der Waals surface area (Å²) < 4.78 is 1.34. The van der Waals surface area contributed by atoms with Gasteiger partial charge in [-0.05, 0) is 66.1 Å². The van der Waals surface area contributed by atoms with Gasteiger partial charge in [-0.2, -0.15) is 9.78 Å². The molecule has 1 heterocycles. The quantitative estimate of drug-likeness (QED) is 0.308. The van der Waals surface area contributed by atoms with Gasteiger partial charge in [0, 0.05) is 10.9 Å². The van der Waals surface area contributed by atoms with Crippen LogP contribution in [0.5, 0.6) is 5.75 Å². The van der Waals surface area contributed by atoms with Crippen molar-refractivity contribution < 1.29 is 19.8 Å². The van der Waals surface area contributed by atoms with Crippen LogP contribution in [0.15, 0.2) is 84.9 Å². The number of benzene rings is 4. The van der Waals surface area contributed by atoms with Crippen LogP contribution in [0.3, 0.4) is 0 Å². The minimum atomic E-state index is -1.02. The Morgan fingerprint density at radius 3 is 2.17 bits per heavy atom. The number of hydrogen-bond donors (Lipinski definition) is 2. The molecule has 0 aliphatic heterocycles. The molecule has 0 saturated carbocycles. The third kappa shape index (κ3) is 4.05. The minimum absolute atomic E-state index is 0.162. The molecule has 0 saturated heterocycles. The van der Waals surface area contributed by atoms with Crippen molar-refractivity contribution in [2.24, 2.45) is 0 Å². The molecule has 6 nitrogen and oxygen atoms in total. The summed E-state index contributed by atoms with van der Waals surface area (Å²) in [6, 6.07) is 24.1. The molecule has 0 unspecified atom stereocenters. The van der Waals surface area contributed by atoms with E-state index in [2.05, 4.69) is 5.10 Å². The third-order valence-electron chi connectivity index (χ3n) is 5.92. The number of nitrogens with zero attached hydrogens (tertiary/aromatic N) is 2. The molecule has 172 valence electrons. The topological polar surface area (TPSA) is 92.4 Å². The molecule has 2 N–H and O–H groups in total. The van der Waals surface area contributed by atoms with E-state index in [0.717, 1.165) is 22.1 Å². The van der Waals surface area contributed by atoms with E-state index in [9.17, 15) is 19.8 Å². The first-order valence-electron chi connectivity index (χ1n) is 10.8. The van der Waals surface area contributed by atoms with Gasteiger partial charge in [0.15, 0.2) is 0 Å². The third-order valence-corrected chi connectivity index (χ3v) is 6.23. The van der Waals surface area contributed by atoms with Crippen LogP contribution < -0.4 is 0 Å². The van der Waals surface area contributed by atoms with E-state index < -0.39 is 5.97 Å². The molecule has 5 rings (SSSR count). The highest BCUT2D eigenvalue weighted by Gasteiger charge is 2.22. The molecule has 0 radical (unpaired) electrons. The summed E-state index contributed by atoms with van der Waals surface area (Å²) >= 11 is 6.40. The van der Waals surface area contributed by atoms with E-state index in [1.54, 1.807) is 48.5 Å². The number of hydrogen-bond acceptors (Lipinski definition) is 4. The summed E-state index contributed by atoms with van der Waals surface area (Å²) in [7, 11) is 0. The lowest BCUT2D eigenvalue weighted by Crippen LogP contribution is -2.15. The maximum absolute atomic E-state index is 13.7. The molecule has 0 atom stereocenters. The molecule has 0 fully saturated rings. The Kier molecular flexibility index (Phi) is 5.59. The van der Waals surface area contributed by atoms with Crippen LogP contribution in [0, 0.1) is 6.92 Å². The average Bonchev–Trinajstić information content (AvgIpc) is 3.23. The van der Waals surface area contributed by atoms with Crippen molar-refractivity contribution in [1.82, 2.24) is 9.78 Å². The Balaban J connectivity index is 1.73. The van der Waals surface area contributed by atoms with E-state index >= 15 is 0 Å². The number of carboxylic acid groups (broad SMARTS) is 1. The minimum Gasteiger partial charge on any atom is -0.508 e.